The predicted octanol–water partition coefficient (Wildman–Crippen LogP) is 0.812. The Bertz CT molecular complexity index is 1250. The fourth-order valence-electron chi connectivity index (χ4n) is 4.18. The molecule has 3 aromatic rings. The highest BCUT2D eigenvalue weighted by Gasteiger charge is 2.45. The summed E-state index contributed by atoms with van der Waals surface area (Å²) < 4.78 is 12.3. The third-order valence-corrected chi connectivity index (χ3v) is 6.30. The number of aliphatic hydroxyl groups excluding tert-OH is 2. The zero-order chi connectivity index (χ0) is 24.6. The summed E-state index contributed by atoms with van der Waals surface area (Å²) in [5.74, 6) is -0.530. The molecule has 11 heteroatoms. The number of nitrogen functional groups attached to an aromatic ring is 1. The van der Waals surface area contributed by atoms with Gasteiger partial charge in [0.15, 0.2) is 17.4 Å². The number of ether oxygens (including phenoxy) is 2. The number of esters is 1. The Balaban J connectivity index is 1.33. The van der Waals surface area contributed by atoms with Crippen molar-refractivity contribution in [1.82, 2.24) is 19.5 Å². The lowest BCUT2D eigenvalue weighted by molar-refractivity contribution is -0.150. The van der Waals surface area contributed by atoms with Crippen LogP contribution in [0.2, 0.25) is 0 Å². The standard InChI is InChI=1S/C23H29N5O6/c1-11-7-14(8-12(2)13(11)3)5-4-6-16(29)33-9-15-18(30)19(31)22(34-15)28-10-25-17-20(28)26-23(24)27-21(17)32/h7-8,10,15,18-19,22,30-31H,4-6,9H2,1-3H3,(H3,24,26,27,32)/t15-,18?,19+,22-/m1/s1. The van der Waals surface area contributed by atoms with E-state index in [0.717, 1.165) is 6.42 Å². The third-order valence-electron chi connectivity index (χ3n) is 6.30. The second-order valence-corrected chi connectivity index (χ2v) is 8.71. The van der Waals surface area contributed by atoms with Crippen molar-refractivity contribution in [2.45, 2.75) is 64.6 Å². The minimum absolute atomic E-state index is 0.0216. The van der Waals surface area contributed by atoms with Crippen LogP contribution in [0.25, 0.3) is 11.2 Å². The number of nitrogens with zero attached hydrogens (tertiary/aromatic N) is 3. The maximum Gasteiger partial charge on any atom is 0.305 e. The number of aliphatic hydroxyl groups is 2. The summed E-state index contributed by atoms with van der Waals surface area (Å²) in [5.41, 5.74) is 10.1. The minimum atomic E-state index is -1.35. The average molecular weight is 472 g/mol. The van der Waals surface area contributed by atoms with E-state index < -0.39 is 36.1 Å². The maximum absolute atomic E-state index is 12.2. The molecule has 0 amide bonds. The number of carbonyl (C=O) groups is 1. The number of aryl methyl sites for hydroxylation is 3. The number of anilines is 1. The van der Waals surface area contributed by atoms with Gasteiger partial charge in [0.1, 0.15) is 24.9 Å². The lowest BCUT2D eigenvalue weighted by Crippen LogP contribution is -2.34. The van der Waals surface area contributed by atoms with Crippen molar-refractivity contribution in [3.8, 4) is 0 Å². The van der Waals surface area contributed by atoms with Crippen LogP contribution in [0.1, 0.15) is 41.3 Å². The molecule has 1 fully saturated rings. The molecule has 4 atom stereocenters. The van der Waals surface area contributed by atoms with E-state index in [1.54, 1.807) is 0 Å². The quantitative estimate of drug-likeness (QED) is 0.365. The Labute approximate surface area is 195 Å². The molecule has 1 saturated heterocycles. The van der Waals surface area contributed by atoms with Crippen molar-refractivity contribution in [1.29, 1.82) is 0 Å². The monoisotopic (exact) mass is 471 g/mol. The van der Waals surface area contributed by atoms with Gasteiger partial charge in [-0.25, -0.2) is 4.98 Å². The van der Waals surface area contributed by atoms with Crippen molar-refractivity contribution in [2.75, 3.05) is 12.3 Å². The highest BCUT2D eigenvalue weighted by Crippen LogP contribution is 2.31. The number of benzene rings is 1. The second-order valence-electron chi connectivity index (χ2n) is 8.71. The number of H-pyrrole nitrogens is 1. The SMILES string of the molecule is Cc1cc(CCCC(=O)OC[C@H]2O[C@@H](n3cnc4c(=O)[nH]c(N)nc43)[C@@H](O)C2O)cc(C)c1C. The summed E-state index contributed by atoms with van der Waals surface area (Å²) in [6, 6.07) is 4.27. The number of hydrogen-bond donors (Lipinski definition) is 4. The fourth-order valence-corrected chi connectivity index (χ4v) is 4.18. The predicted molar refractivity (Wildman–Crippen MR) is 123 cm³/mol. The zero-order valence-electron chi connectivity index (χ0n) is 19.3. The lowest BCUT2D eigenvalue weighted by atomic mass is 9.98. The molecule has 0 bridgehead atoms. The summed E-state index contributed by atoms with van der Waals surface area (Å²) in [6.07, 6.45) is -1.82. The molecule has 2 aromatic heterocycles. The number of carbonyl (C=O) groups excluding carboxylic acids is 1. The molecule has 1 aliphatic rings. The molecule has 5 N–H and O–H groups in total. The molecule has 3 heterocycles. The number of nitrogens with two attached hydrogens (primary N) is 1. The van der Waals surface area contributed by atoms with E-state index in [0.29, 0.717) is 6.42 Å². The van der Waals surface area contributed by atoms with E-state index in [2.05, 4.69) is 47.9 Å². The Hall–Kier alpha value is -3.28. The molecule has 0 aliphatic carbocycles. The van der Waals surface area contributed by atoms with Crippen LogP contribution >= 0.6 is 0 Å². The summed E-state index contributed by atoms with van der Waals surface area (Å²) in [6.45, 7) is 6.02. The number of fused-ring (bicyclic) bond motifs is 1. The van der Waals surface area contributed by atoms with Crippen LogP contribution in [0.4, 0.5) is 5.95 Å². The van der Waals surface area contributed by atoms with Crippen LogP contribution in [-0.2, 0) is 20.7 Å². The Morgan fingerprint density at radius 1 is 1.24 bits per heavy atom. The molecule has 1 aromatic carbocycles. The van der Waals surface area contributed by atoms with Gasteiger partial charge in [-0.15, -0.1) is 0 Å². The van der Waals surface area contributed by atoms with Crippen LogP contribution < -0.4 is 11.3 Å². The Morgan fingerprint density at radius 3 is 2.65 bits per heavy atom. The normalized spacial score (nSPS) is 22.4. The van der Waals surface area contributed by atoms with Crippen molar-refractivity contribution in [3.63, 3.8) is 0 Å². The van der Waals surface area contributed by atoms with Crippen LogP contribution in [0, 0.1) is 20.8 Å². The molecule has 0 radical (unpaired) electrons. The number of rotatable bonds is 7. The summed E-state index contributed by atoms with van der Waals surface area (Å²) in [7, 11) is 0. The molecule has 1 unspecified atom stereocenters. The zero-order valence-corrected chi connectivity index (χ0v) is 19.3. The molecule has 4 rings (SSSR count). The largest absolute Gasteiger partial charge is 0.463 e. The van der Waals surface area contributed by atoms with E-state index in [9.17, 15) is 19.8 Å². The Kier molecular flexibility index (Phi) is 6.69. The molecule has 1 aliphatic heterocycles. The molecule has 0 spiro atoms. The average Bonchev–Trinajstić information content (AvgIpc) is 3.32. The van der Waals surface area contributed by atoms with E-state index in [4.69, 9.17) is 15.2 Å². The third kappa shape index (κ3) is 4.67. The van der Waals surface area contributed by atoms with Gasteiger partial charge in [-0.2, -0.15) is 4.98 Å². The smallest absolute Gasteiger partial charge is 0.305 e. The van der Waals surface area contributed by atoms with Gasteiger partial charge < -0.3 is 25.4 Å². The molecular formula is C23H29N5O6. The van der Waals surface area contributed by atoms with Gasteiger partial charge in [-0.05, 0) is 55.9 Å². The van der Waals surface area contributed by atoms with Gasteiger partial charge in [-0.1, -0.05) is 12.1 Å². The fraction of sp³-hybridized carbons (Fsp3) is 0.478. The number of aromatic amines is 1. The first kappa shape index (κ1) is 23.9. The van der Waals surface area contributed by atoms with Gasteiger partial charge >= 0.3 is 5.97 Å². The van der Waals surface area contributed by atoms with Gasteiger partial charge in [0.2, 0.25) is 5.95 Å². The van der Waals surface area contributed by atoms with Gasteiger partial charge in [0.25, 0.3) is 5.56 Å². The molecule has 11 nitrogen and oxygen atoms in total. The van der Waals surface area contributed by atoms with Crippen LogP contribution in [0.3, 0.4) is 0 Å². The lowest BCUT2D eigenvalue weighted by Gasteiger charge is -2.16. The molecular weight excluding hydrogens is 442 g/mol. The summed E-state index contributed by atoms with van der Waals surface area (Å²) in [4.78, 5) is 34.6. The first-order chi connectivity index (χ1) is 16.2. The van der Waals surface area contributed by atoms with Crippen LogP contribution in [-0.4, -0.2) is 60.6 Å². The summed E-state index contributed by atoms with van der Waals surface area (Å²) in [5, 5.41) is 20.9. The summed E-state index contributed by atoms with van der Waals surface area (Å²) >= 11 is 0. The van der Waals surface area contributed by atoms with Crippen molar-refractivity contribution in [3.05, 3.63) is 51.1 Å². The van der Waals surface area contributed by atoms with Crippen LogP contribution in [0.15, 0.2) is 23.3 Å². The Morgan fingerprint density at radius 2 is 1.94 bits per heavy atom. The number of imidazole rings is 1. The first-order valence-corrected chi connectivity index (χ1v) is 11.1. The van der Waals surface area contributed by atoms with E-state index >= 15 is 0 Å². The van der Waals surface area contributed by atoms with E-state index in [-0.39, 0.29) is 30.1 Å². The molecule has 34 heavy (non-hydrogen) atoms. The maximum atomic E-state index is 12.2. The van der Waals surface area contributed by atoms with Crippen LogP contribution in [0.5, 0.6) is 0 Å². The molecule has 182 valence electrons. The van der Waals surface area contributed by atoms with E-state index in [1.807, 2.05) is 0 Å². The number of aromatic nitrogens is 4. The second kappa shape index (κ2) is 9.53. The number of nitrogens with one attached hydrogen (secondary N) is 1. The first-order valence-electron chi connectivity index (χ1n) is 11.1. The van der Waals surface area contributed by atoms with Crippen molar-refractivity contribution < 1.29 is 24.5 Å². The van der Waals surface area contributed by atoms with E-state index in [1.165, 1.54) is 33.1 Å². The van der Waals surface area contributed by atoms with Gasteiger partial charge in [0, 0.05) is 6.42 Å². The topological polar surface area (TPSA) is 166 Å². The number of hydrogen-bond acceptors (Lipinski definition) is 9. The minimum Gasteiger partial charge on any atom is -0.463 e. The van der Waals surface area contributed by atoms with Crippen molar-refractivity contribution in [2.24, 2.45) is 0 Å². The van der Waals surface area contributed by atoms with Gasteiger partial charge in [-0.3, -0.25) is 19.1 Å². The highest BCUT2D eigenvalue weighted by molar-refractivity contribution is 5.70. The van der Waals surface area contributed by atoms with Crippen molar-refractivity contribution >= 4 is 23.1 Å². The highest BCUT2D eigenvalue weighted by atomic mass is 16.6. The molecule has 0 saturated carbocycles. The van der Waals surface area contributed by atoms with Gasteiger partial charge in [0.05, 0.1) is 6.33 Å².